The van der Waals surface area contributed by atoms with Crippen LogP contribution in [0.25, 0.3) is 0 Å². The summed E-state index contributed by atoms with van der Waals surface area (Å²) in [5.74, 6) is -7.52. The van der Waals surface area contributed by atoms with Crippen LogP contribution in [0, 0.1) is 17.8 Å². The first-order chi connectivity index (χ1) is 21.0. The number of ether oxygens (including phenoxy) is 1. The van der Waals surface area contributed by atoms with E-state index in [0.29, 0.717) is 22.6 Å². The number of anilines is 1. The molecular formula is C31H20BrF6NO6. The first-order valence-corrected chi connectivity index (χ1v) is 14.3. The fraction of sp³-hybridized carbons (Fsp3) is 0.290. The van der Waals surface area contributed by atoms with E-state index in [2.05, 4.69) is 15.9 Å². The van der Waals surface area contributed by atoms with Gasteiger partial charge in [0.25, 0.3) is 0 Å². The molecule has 0 aromatic heterocycles. The van der Waals surface area contributed by atoms with E-state index >= 15 is 0 Å². The average Bonchev–Trinajstić information content (AvgIpc) is 3.23. The Morgan fingerprint density at radius 2 is 1.56 bits per heavy atom. The SMILES string of the molecule is COc1ccc(C2C3=CCC4C(=O)N(c5cc(C(F)(F)F)cc(C(F)(F)F)c5)C(=O)C4C3CC3=C2C(=O)C=C(Br)C3=O)c(O)c1. The molecule has 0 bridgehead atoms. The monoisotopic (exact) mass is 695 g/mol. The van der Waals surface area contributed by atoms with Gasteiger partial charge in [-0.05, 0) is 59.0 Å². The molecule has 234 valence electrons. The second-order valence-electron chi connectivity index (χ2n) is 11.1. The minimum absolute atomic E-state index is 0.0227. The number of alkyl halides is 6. The topological polar surface area (TPSA) is 101 Å². The van der Waals surface area contributed by atoms with Gasteiger partial charge in [0.2, 0.25) is 11.8 Å². The summed E-state index contributed by atoms with van der Waals surface area (Å²) in [5, 5.41) is 11.0. The lowest BCUT2D eigenvalue weighted by Gasteiger charge is -2.42. The highest BCUT2D eigenvalue weighted by atomic mass is 79.9. The molecule has 2 amide bonds. The number of rotatable bonds is 3. The number of benzene rings is 2. The maximum Gasteiger partial charge on any atom is 0.416 e. The van der Waals surface area contributed by atoms with Gasteiger partial charge in [-0.25, -0.2) is 4.90 Å². The van der Waals surface area contributed by atoms with E-state index in [1.165, 1.54) is 25.3 Å². The number of carbonyl (C=O) groups excluding carboxylic acids is 4. The smallest absolute Gasteiger partial charge is 0.416 e. The molecule has 2 aromatic carbocycles. The van der Waals surface area contributed by atoms with Crippen molar-refractivity contribution < 1.29 is 55.4 Å². The van der Waals surface area contributed by atoms with E-state index in [4.69, 9.17) is 4.74 Å². The number of fused-ring (bicyclic) bond motifs is 3. The number of ketones is 2. The van der Waals surface area contributed by atoms with E-state index in [-0.39, 0.29) is 51.6 Å². The van der Waals surface area contributed by atoms with Crippen LogP contribution in [0.15, 0.2) is 69.8 Å². The average molecular weight is 696 g/mol. The first kappa shape index (κ1) is 30.8. The van der Waals surface area contributed by atoms with Gasteiger partial charge in [-0.15, -0.1) is 0 Å². The number of allylic oxidation sites excluding steroid dienone is 6. The molecule has 2 aromatic rings. The Hall–Kier alpha value is -4.20. The predicted octanol–water partition coefficient (Wildman–Crippen LogP) is 6.41. The number of nitrogens with zero attached hydrogens (tertiary/aromatic N) is 1. The number of hydrogen-bond donors (Lipinski definition) is 1. The zero-order valence-electron chi connectivity index (χ0n) is 22.9. The quantitative estimate of drug-likeness (QED) is 0.173. The van der Waals surface area contributed by atoms with Crippen molar-refractivity contribution in [2.45, 2.75) is 31.1 Å². The second kappa shape index (κ2) is 10.4. The lowest BCUT2D eigenvalue weighted by atomic mass is 9.59. The Kier molecular flexibility index (Phi) is 7.14. The summed E-state index contributed by atoms with van der Waals surface area (Å²) < 4.78 is 86.8. The molecule has 1 aliphatic heterocycles. The zero-order valence-corrected chi connectivity index (χ0v) is 24.5. The third kappa shape index (κ3) is 4.89. The highest BCUT2D eigenvalue weighted by molar-refractivity contribution is 9.12. The molecular weight excluding hydrogens is 676 g/mol. The Balaban J connectivity index is 1.48. The van der Waals surface area contributed by atoms with Crippen LogP contribution >= 0.6 is 15.9 Å². The van der Waals surface area contributed by atoms with Crippen LogP contribution in [0.5, 0.6) is 11.5 Å². The molecule has 7 nitrogen and oxygen atoms in total. The van der Waals surface area contributed by atoms with Gasteiger partial charge in [0.15, 0.2) is 11.6 Å². The number of amides is 2. The van der Waals surface area contributed by atoms with Crippen LogP contribution in [0.1, 0.15) is 35.4 Å². The molecule has 0 radical (unpaired) electrons. The highest BCUT2D eigenvalue weighted by Gasteiger charge is 2.57. The molecule has 1 N–H and O–H groups in total. The van der Waals surface area contributed by atoms with Crippen molar-refractivity contribution in [3.63, 3.8) is 0 Å². The molecule has 0 saturated carbocycles. The van der Waals surface area contributed by atoms with E-state index in [1.807, 2.05) is 0 Å². The highest BCUT2D eigenvalue weighted by Crippen LogP contribution is 2.57. The van der Waals surface area contributed by atoms with Crippen molar-refractivity contribution in [3.05, 3.63) is 86.4 Å². The Morgan fingerprint density at radius 1 is 0.911 bits per heavy atom. The zero-order chi connectivity index (χ0) is 32.7. The number of halogens is 7. The van der Waals surface area contributed by atoms with Gasteiger partial charge in [-0.1, -0.05) is 17.7 Å². The van der Waals surface area contributed by atoms with Crippen molar-refractivity contribution in [2.24, 2.45) is 17.8 Å². The number of imide groups is 1. The van der Waals surface area contributed by atoms with Crippen molar-refractivity contribution in [1.82, 2.24) is 0 Å². The number of phenolic OH excluding ortho intramolecular Hbond substituents is 1. The predicted molar refractivity (Wildman–Crippen MR) is 148 cm³/mol. The molecule has 6 rings (SSSR count). The molecule has 45 heavy (non-hydrogen) atoms. The van der Waals surface area contributed by atoms with Crippen LogP contribution < -0.4 is 9.64 Å². The van der Waals surface area contributed by atoms with E-state index < -0.39 is 76.2 Å². The van der Waals surface area contributed by atoms with Crippen LogP contribution in [0.2, 0.25) is 0 Å². The summed E-state index contributed by atoms with van der Waals surface area (Å²) in [5.41, 5.74) is -3.55. The summed E-state index contributed by atoms with van der Waals surface area (Å²) in [4.78, 5) is 54.5. The number of Topliss-reactive ketones (excluding diaryl/α,β-unsaturated/α-hetero) is 1. The Bertz CT molecular complexity index is 1770. The number of phenols is 1. The lowest BCUT2D eigenvalue weighted by Crippen LogP contribution is -2.39. The summed E-state index contributed by atoms with van der Waals surface area (Å²) >= 11 is 3.08. The van der Waals surface area contributed by atoms with Crippen LogP contribution in [0.4, 0.5) is 32.0 Å². The lowest BCUT2D eigenvalue weighted by molar-refractivity contribution is -0.143. The molecule has 1 heterocycles. The summed E-state index contributed by atoms with van der Waals surface area (Å²) in [6.45, 7) is 0. The number of hydrogen-bond acceptors (Lipinski definition) is 6. The summed E-state index contributed by atoms with van der Waals surface area (Å²) in [6, 6.07) is 4.84. The van der Waals surface area contributed by atoms with Gasteiger partial charge in [0, 0.05) is 34.8 Å². The third-order valence-corrected chi connectivity index (χ3v) is 9.30. The van der Waals surface area contributed by atoms with E-state index in [0.717, 1.165) is 6.08 Å². The van der Waals surface area contributed by atoms with Gasteiger partial charge in [-0.3, -0.25) is 19.2 Å². The molecule has 4 aliphatic rings. The summed E-state index contributed by atoms with van der Waals surface area (Å²) in [6.07, 6.45) is -8.06. The van der Waals surface area contributed by atoms with Crippen molar-refractivity contribution in [1.29, 1.82) is 0 Å². The second-order valence-corrected chi connectivity index (χ2v) is 11.9. The van der Waals surface area contributed by atoms with Crippen LogP contribution in [0.3, 0.4) is 0 Å². The minimum atomic E-state index is -5.21. The van der Waals surface area contributed by atoms with Crippen LogP contribution in [-0.4, -0.2) is 35.6 Å². The first-order valence-electron chi connectivity index (χ1n) is 13.5. The fourth-order valence-corrected chi connectivity index (χ4v) is 7.23. The van der Waals surface area contributed by atoms with Gasteiger partial charge >= 0.3 is 12.4 Å². The number of aromatic hydroxyl groups is 1. The molecule has 1 fully saturated rings. The third-order valence-electron chi connectivity index (χ3n) is 8.71. The fourth-order valence-electron chi connectivity index (χ4n) is 6.78. The maximum atomic E-state index is 14.0. The molecule has 14 heteroatoms. The molecule has 4 atom stereocenters. The molecule has 1 saturated heterocycles. The normalized spacial score (nSPS) is 25.1. The molecule has 3 aliphatic carbocycles. The molecule has 0 spiro atoms. The van der Waals surface area contributed by atoms with Gasteiger partial charge < -0.3 is 9.84 Å². The number of methoxy groups -OCH3 is 1. The van der Waals surface area contributed by atoms with Crippen molar-refractivity contribution in [3.8, 4) is 11.5 Å². The van der Waals surface area contributed by atoms with Crippen LogP contribution in [-0.2, 0) is 31.5 Å². The standard InChI is InChI=1S/C31H20BrF6NO6/c1-45-15-2-3-17(22(40)9-15)24-16-4-5-18-25(19(16)10-20-26(24)23(41)11-21(32)27(20)42)29(44)39(28(18)43)14-7-12(30(33,34)35)6-13(8-14)31(36,37)38/h2-4,6-9,11,18-19,24-25,40H,5,10H2,1H3. The molecule has 4 unspecified atom stereocenters. The van der Waals surface area contributed by atoms with Gasteiger partial charge in [0.1, 0.15) is 11.5 Å². The van der Waals surface area contributed by atoms with Crippen molar-refractivity contribution in [2.75, 3.05) is 12.0 Å². The minimum Gasteiger partial charge on any atom is -0.507 e. The Morgan fingerprint density at radius 3 is 2.13 bits per heavy atom. The van der Waals surface area contributed by atoms with E-state index in [1.54, 1.807) is 6.08 Å². The number of carbonyl (C=O) groups is 4. The van der Waals surface area contributed by atoms with E-state index in [9.17, 15) is 50.6 Å². The maximum absolute atomic E-state index is 14.0. The summed E-state index contributed by atoms with van der Waals surface area (Å²) in [7, 11) is 1.37. The largest absolute Gasteiger partial charge is 0.507 e. The van der Waals surface area contributed by atoms with Gasteiger partial charge in [-0.2, -0.15) is 26.3 Å². The van der Waals surface area contributed by atoms with Gasteiger partial charge in [0.05, 0.1) is 40.2 Å². The Labute approximate surface area is 259 Å². The van der Waals surface area contributed by atoms with Crippen molar-refractivity contribution >= 4 is 45.0 Å².